The maximum atomic E-state index is 12.2. The summed E-state index contributed by atoms with van der Waals surface area (Å²) < 4.78 is 1.99. The summed E-state index contributed by atoms with van der Waals surface area (Å²) in [6.45, 7) is 2.30. The summed E-state index contributed by atoms with van der Waals surface area (Å²) in [4.78, 5) is 36.4. The molecule has 0 unspecified atom stereocenters. The van der Waals surface area contributed by atoms with Crippen LogP contribution in [0.15, 0.2) is 42.9 Å². The van der Waals surface area contributed by atoms with Gasteiger partial charge in [0.2, 0.25) is 5.91 Å². The Morgan fingerprint density at radius 1 is 1.22 bits per heavy atom. The molecule has 0 saturated carbocycles. The summed E-state index contributed by atoms with van der Waals surface area (Å²) in [5, 5.41) is 5.69. The number of carbonyl (C=O) groups excluding carboxylic acids is 2. The van der Waals surface area contributed by atoms with Gasteiger partial charge in [0.15, 0.2) is 0 Å². The minimum absolute atomic E-state index is 0.0803. The minimum Gasteiger partial charge on any atom is -0.351 e. The van der Waals surface area contributed by atoms with Gasteiger partial charge in [-0.3, -0.25) is 14.6 Å². The van der Waals surface area contributed by atoms with Crippen LogP contribution in [0, 0.1) is 0 Å². The maximum absolute atomic E-state index is 12.2. The molecule has 0 aliphatic heterocycles. The Balaban J connectivity index is 1.46. The summed E-state index contributed by atoms with van der Waals surface area (Å²) in [5.41, 5.74) is 2.19. The van der Waals surface area contributed by atoms with Crippen molar-refractivity contribution in [3.63, 3.8) is 0 Å². The van der Waals surface area contributed by atoms with E-state index in [-0.39, 0.29) is 23.6 Å². The van der Waals surface area contributed by atoms with Crippen LogP contribution in [-0.2, 0) is 11.8 Å². The standard InChI is InChI=1S/C19H22N6O2/c1-13(18-24-14-6-3-4-7-16(14)25(18)2)23-17(26)8-5-9-22-19(27)15-12-20-10-11-21-15/h3-4,6-7,10-13H,5,8-9H2,1-2H3,(H,22,27)(H,23,26)/t13-/m1/s1. The zero-order chi connectivity index (χ0) is 19.2. The van der Waals surface area contributed by atoms with Crippen molar-refractivity contribution in [2.45, 2.75) is 25.8 Å². The number of nitrogens with zero attached hydrogens (tertiary/aromatic N) is 4. The summed E-state index contributed by atoms with van der Waals surface area (Å²) in [6, 6.07) is 7.65. The lowest BCUT2D eigenvalue weighted by molar-refractivity contribution is -0.121. The van der Waals surface area contributed by atoms with E-state index in [1.54, 1.807) is 0 Å². The predicted octanol–water partition coefficient (Wildman–Crippen LogP) is 1.75. The molecule has 1 atom stereocenters. The van der Waals surface area contributed by atoms with Gasteiger partial charge in [-0.1, -0.05) is 12.1 Å². The molecule has 8 heteroatoms. The van der Waals surface area contributed by atoms with Gasteiger partial charge in [0.1, 0.15) is 11.5 Å². The van der Waals surface area contributed by atoms with E-state index in [4.69, 9.17) is 0 Å². The Bertz CT molecular complexity index is 938. The predicted molar refractivity (Wildman–Crippen MR) is 101 cm³/mol. The van der Waals surface area contributed by atoms with Gasteiger partial charge in [0, 0.05) is 32.4 Å². The van der Waals surface area contributed by atoms with E-state index in [1.165, 1.54) is 18.6 Å². The third-order valence-electron chi connectivity index (χ3n) is 4.25. The van der Waals surface area contributed by atoms with E-state index in [9.17, 15) is 9.59 Å². The number of rotatable bonds is 7. The van der Waals surface area contributed by atoms with Gasteiger partial charge in [-0.05, 0) is 25.5 Å². The molecule has 0 spiro atoms. The molecule has 27 heavy (non-hydrogen) atoms. The first-order valence-corrected chi connectivity index (χ1v) is 8.81. The molecule has 1 aromatic carbocycles. The van der Waals surface area contributed by atoms with Crippen molar-refractivity contribution in [1.29, 1.82) is 0 Å². The second-order valence-corrected chi connectivity index (χ2v) is 6.26. The highest BCUT2D eigenvalue weighted by molar-refractivity contribution is 5.91. The third kappa shape index (κ3) is 4.46. The van der Waals surface area contributed by atoms with E-state index in [0.29, 0.717) is 19.4 Å². The van der Waals surface area contributed by atoms with E-state index in [2.05, 4.69) is 25.6 Å². The number of aryl methyl sites for hydroxylation is 1. The van der Waals surface area contributed by atoms with Gasteiger partial charge in [-0.15, -0.1) is 0 Å². The van der Waals surface area contributed by atoms with Crippen LogP contribution in [0.4, 0.5) is 0 Å². The van der Waals surface area contributed by atoms with Crippen LogP contribution in [0.2, 0.25) is 0 Å². The summed E-state index contributed by atoms with van der Waals surface area (Å²) in [5.74, 6) is 0.431. The molecule has 0 radical (unpaired) electrons. The lowest BCUT2D eigenvalue weighted by atomic mass is 10.2. The molecule has 0 aliphatic carbocycles. The molecule has 2 amide bonds. The highest BCUT2D eigenvalue weighted by Crippen LogP contribution is 2.19. The highest BCUT2D eigenvalue weighted by atomic mass is 16.2. The van der Waals surface area contributed by atoms with Crippen molar-refractivity contribution in [2.75, 3.05) is 6.54 Å². The SMILES string of the molecule is C[C@@H](NC(=O)CCCNC(=O)c1cnccn1)c1nc2ccccc2n1C. The number of aromatic nitrogens is 4. The lowest BCUT2D eigenvalue weighted by Crippen LogP contribution is -2.30. The van der Waals surface area contributed by atoms with E-state index in [0.717, 1.165) is 16.9 Å². The van der Waals surface area contributed by atoms with Crippen LogP contribution < -0.4 is 10.6 Å². The maximum Gasteiger partial charge on any atom is 0.271 e. The Morgan fingerprint density at radius 2 is 2.04 bits per heavy atom. The lowest BCUT2D eigenvalue weighted by Gasteiger charge is -2.14. The molecule has 3 rings (SSSR count). The van der Waals surface area contributed by atoms with E-state index < -0.39 is 0 Å². The average Bonchev–Trinajstić information content (AvgIpc) is 3.03. The molecule has 2 heterocycles. The number of nitrogens with one attached hydrogen (secondary N) is 2. The summed E-state index contributed by atoms with van der Waals surface area (Å²) in [6.07, 6.45) is 5.22. The Morgan fingerprint density at radius 3 is 2.78 bits per heavy atom. The number of benzene rings is 1. The van der Waals surface area contributed by atoms with Crippen molar-refractivity contribution in [2.24, 2.45) is 7.05 Å². The van der Waals surface area contributed by atoms with E-state index in [1.807, 2.05) is 42.8 Å². The Labute approximate surface area is 157 Å². The quantitative estimate of drug-likeness (QED) is 0.620. The summed E-state index contributed by atoms with van der Waals surface area (Å²) >= 11 is 0. The van der Waals surface area contributed by atoms with Crippen molar-refractivity contribution < 1.29 is 9.59 Å². The number of hydrogen-bond donors (Lipinski definition) is 2. The van der Waals surface area contributed by atoms with Crippen molar-refractivity contribution in [3.8, 4) is 0 Å². The molecule has 0 aliphatic rings. The zero-order valence-corrected chi connectivity index (χ0v) is 15.3. The van der Waals surface area contributed by atoms with Crippen LogP contribution in [0.3, 0.4) is 0 Å². The first kappa shape index (κ1) is 18.5. The van der Waals surface area contributed by atoms with Crippen molar-refractivity contribution in [3.05, 3.63) is 54.4 Å². The molecular formula is C19H22N6O2. The Kier molecular flexibility index (Phi) is 5.75. The summed E-state index contributed by atoms with van der Waals surface area (Å²) in [7, 11) is 1.94. The first-order valence-electron chi connectivity index (χ1n) is 8.81. The largest absolute Gasteiger partial charge is 0.351 e. The smallest absolute Gasteiger partial charge is 0.271 e. The fourth-order valence-electron chi connectivity index (χ4n) is 2.89. The fourth-order valence-corrected chi connectivity index (χ4v) is 2.89. The minimum atomic E-state index is -0.295. The average molecular weight is 366 g/mol. The highest BCUT2D eigenvalue weighted by Gasteiger charge is 2.16. The number of fused-ring (bicyclic) bond motifs is 1. The monoisotopic (exact) mass is 366 g/mol. The molecule has 3 aromatic rings. The third-order valence-corrected chi connectivity index (χ3v) is 4.25. The molecule has 2 aromatic heterocycles. The number of hydrogen-bond acceptors (Lipinski definition) is 5. The molecule has 0 fully saturated rings. The molecule has 0 bridgehead atoms. The fraction of sp³-hybridized carbons (Fsp3) is 0.316. The van der Waals surface area contributed by atoms with Crippen LogP contribution in [-0.4, -0.2) is 37.9 Å². The van der Waals surface area contributed by atoms with Crippen LogP contribution in [0.25, 0.3) is 11.0 Å². The molecule has 0 saturated heterocycles. The zero-order valence-electron chi connectivity index (χ0n) is 15.3. The van der Waals surface area contributed by atoms with Gasteiger partial charge >= 0.3 is 0 Å². The van der Waals surface area contributed by atoms with Crippen LogP contribution in [0.1, 0.15) is 42.1 Å². The molecular weight excluding hydrogens is 344 g/mol. The topological polar surface area (TPSA) is 102 Å². The number of para-hydroxylation sites is 2. The number of imidazole rings is 1. The molecule has 140 valence electrons. The van der Waals surface area contributed by atoms with Crippen molar-refractivity contribution in [1.82, 2.24) is 30.2 Å². The van der Waals surface area contributed by atoms with Gasteiger partial charge in [-0.2, -0.15) is 0 Å². The number of carbonyl (C=O) groups is 2. The van der Waals surface area contributed by atoms with Gasteiger partial charge in [-0.25, -0.2) is 9.97 Å². The van der Waals surface area contributed by atoms with E-state index >= 15 is 0 Å². The molecule has 8 nitrogen and oxygen atoms in total. The Hall–Kier alpha value is -3.29. The van der Waals surface area contributed by atoms with Gasteiger partial charge in [0.25, 0.3) is 5.91 Å². The second-order valence-electron chi connectivity index (χ2n) is 6.26. The van der Waals surface area contributed by atoms with Gasteiger partial charge < -0.3 is 15.2 Å². The van der Waals surface area contributed by atoms with Gasteiger partial charge in [0.05, 0.1) is 23.3 Å². The first-order chi connectivity index (χ1) is 13.1. The van der Waals surface area contributed by atoms with Crippen LogP contribution >= 0.6 is 0 Å². The second kappa shape index (κ2) is 8.39. The molecule has 2 N–H and O–H groups in total. The van der Waals surface area contributed by atoms with Crippen LogP contribution in [0.5, 0.6) is 0 Å². The number of amides is 2. The van der Waals surface area contributed by atoms with Crippen molar-refractivity contribution >= 4 is 22.8 Å². The normalized spacial score (nSPS) is 11.9.